The zero-order valence-electron chi connectivity index (χ0n) is 20.4. The van der Waals surface area contributed by atoms with Crippen LogP contribution in [0.2, 0.25) is 0 Å². The van der Waals surface area contributed by atoms with Crippen molar-refractivity contribution in [3.63, 3.8) is 0 Å². The second kappa shape index (κ2) is 10.1. The van der Waals surface area contributed by atoms with Gasteiger partial charge in [0.05, 0.1) is 48.0 Å². The molecule has 5 heterocycles. The van der Waals surface area contributed by atoms with Crippen LogP contribution in [0.5, 0.6) is 0 Å². The van der Waals surface area contributed by atoms with E-state index in [2.05, 4.69) is 21.9 Å². The van der Waals surface area contributed by atoms with Gasteiger partial charge in [-0.2, -0.15) is 5.10 Å². The summed E-state index contributed by atoms with van der Waals surface area (Å²) in [6, 6.07) is 13.9. The minimum Gasteiger partial charge on any atom is -0.379 e. The molecular formula is C27H29N5O3S. The third-order valence-corrected chi connectivity index (χ3v) is 7.85. The second-order valence-corrected chi connectivity index (χ2v) is 10.3. The molecule has 9 heteroatoms. The molecule has 0 amide bonds. The van der Waals surface area contributed by atoms with Crippen molar-refractivity contribution in [1.29, 1.82) is 0 Å². The second-order valence-electron chi connectivity index (χ2n) is 9.20. The van der Waals surface area contributed by atoms with E-state index >= 15 is 0 Å². The minimum absolute atomic E-state index is 0.0453. The lowest BCUT2D eigenvalue weighted by Crippen LogP contribution is -2.36. The van der Waals surface area contributed by atoms with E-state index in [1.54, 1.807) is 6.92 Å². The molecule has 2 fully saturated rings. The van der Waals surface area contributed by atoms with Gasteiger partial charge in [0.25, 0.3) is 0 Å². The van der Waals surface area contributed by atoms with Crippen LogP contribution in [-0.4, -0.2) is 78.1 Å². The van der Waals surface area contributed by atoms with E-state index < -0.39 is 0 Å². The van der Waals surface area contributed by atoms with Gasteiger partial charge in [-0.15, -0.1) is 11.3 Å². The average Bonchev–Trinajstić information content (AvgIpc) is 3.56. The fraction of sp³-hybridized carbons (Fsp3) is 0.370. The van der Waals surface area contributed by atoms with Crippen LogP contribution in [0.15, 0.2) is 48.7 Å². The molecule has 186 valence electrons. The molecular weight excluding hydrogens is 474 g/mol. The summed E-state index contributed by atoms with van der Waals surface area (Å²) in [5.74, 6) is 0.831. The number of aromatic nitrogens is 3. The number of Topliss-reactive ketones (excluding diaryl/α,β-unsaturated/α-hetero) is 1. The van der Waals surface area contributed by atoms with Crippen molar-refractivity contribution in [2.24, 2.45) is 0 Å². The van der Waals surface area contributed by atoms with Crippen LogP contribution in [0.4, 0.5) is 5.69 Å². The van der Waals surface area contributed by atoms with Crippen molar-refractivity contribution < 1.29 is 14.3 Å². The number of fused-ring (bicyclic) bond motifs is 1. The van der Waals surface area contributed by atoms with Crippen LogP contribution in [0.3, 0.4) is 0 Å². The molecule has 2 aliphatic rings. The Morgan fingerprint density at radius 3 is 2.56 bits per heavy atom. The lowest BCUT2D eigenvalue weighted by Gasteiger charge is -2.29. The number of carbonyl (C=O) groups is 1. The van der Waals surface area contributed by atoms with Crippen LogP contribution < -0.4 is 4.90 Å². The number of hydrogen-bond acceptors (Lipinski definition) is 8. The lowest BCUT2D eigenvalue weighted by molar-refractivity contribution is 0.0346. The van der Waals surface area contributed by atoms with Crippen LogP contribution in [0.1, 0.15) is 22.2 Å². The van der Waals surface area contributed by atoms with Crippen molar-refractivity contribution >= 4 is 33.0 Å². The molecule has 1 aromatic carbocycles. The number of carbonyl (C=O) groups excluding carboxylic acids is 1. The number of morpholine rings is 2. The van der Waals surface area contributed by atoms with Crippen molar-refractivity contribution in [3.05, 3.63) is 59.1 Å². The highest BCUT2D eigenvalue weighted by Crippen LogP contribution is 2.36. The topological polar surface area (TPSA) is 72.7 Å². The molecule has 0 atom stereocenters. The van der Waals surface area contributed by atoms with Crippen LogP contribution >= 0.6 is 11.3 Å². The van der Waals surface area contributed by atoms with E-state index in [1.165, 1.54) is 15.3 Å². The number of pyridine rings is 1. The van der Waals surface area contributed by atoms with Gasteiger partial charge in [-0.25, -0.2) is 9.67 Å². The molecule has 0 bridgehead atoms. The molecule has 2 saturated heterocycles. The number of anilines is 1. The smallest absolute Gasteiger partial charge is 0.159 e. The highest BCUT2D eigenvalue weighted by molar-refractivity contribution is 7.19. The summed E-state index contributed by atoms with van der Waals surface area (Å²) in [5, 5.41) is 4.83. The molecule has 0 radical (unpaired) electrons. The van der Waals surface area contributed by atoms with E-state index in [9.17, 15) is 4.79 Å². The van der Waals surface area contributed by atoms with Gasteiger partial charge in [-0.1, -0.05) is 18.2 Å². The predicted octanol–water partition coefficient (Wildman–Crippen LogP) is 4.02. The van der Waals surface area contributed by atoms with Gasteiger partial charge in [0.2, 0.25) is 0 Å². The predicted molar refractivity (Wildman–Crippen MR) is 141 cm³/mol. The van der Waals surface area contributed by atoms with Gasteiger partial charge in [0.15, 0.2) is 11.6 Å². The molecule has 6 rings (SSSR count). The zero-order chi connectivity index (χ0) is 24.5. The van der Waals surface area contributed by atoms with E-state index in [1.807, 2.05) is 52.5 Å². The molecule has 0 saturated carbocycles. The van der Waals surface area contributed by atoms with Gasteiger partial charge < -0.3 is 14.4 Å². The first kappa shape index (κ1) is 23.3. The number of thiophene rings is 1. The molecule has 0 unspecified atom stereocenters. The summed E-state index contributed by atoms with van der Waals surface area (Å²) < 4.78 is 14.2. The lowest BCUT2D eigenvalue weighted by atomic mass is 10.1. The average molecular weight is 504 g/mol. The summed E-state index contributed by atoms with van der Waals surface area (Å²) in [4.78, 5) is 23.0. The van der Waals surface area contributed by atoms with Gasteiger partial charge in [-0.05, 0) is 25.1 Å². The SMILES string of the molecule is CC(=O)c1cccc(-c2ccn(-c3cc(N4CCOCC4)c4sc(CN5CCOCC5)cc4n3)n2)c1. The normalized spacial score (nSPS) is 17.1. The Morgan fingerprint density at radius 1 is 1.00 bits per heavy atom. The minimum atomic E-state index is 0.0453. The van der Waals surface area contributed by atoms with Gasteiger partial charge in [0.1, 0.15) is 0 Å². The quantitative estimate of drug-likeness (QED) is 0.368. The van der Waals surface area contributed by atoms with Gasteiger partial charge in [0, 0.05) is 61.0 Å². The molecule has 4 aromatic rings. The van der Waals surface area contributed by atoms with Crippen molar-refractivity contribution in [2.45, 2.75) is 13.5 Å². The number of hydrogen-bond donors (Lipinski definition) is 0. The molecule has 3 aromatic heterocycles. The molecule has 0 aliphatic carbocycles. The number of ketones is 1. The van der Waals surface area contributed by atoms with E-state index in [0.717, 1.165) is 81.7 Å². The summed E-state index contributed by atoms with van der Waals surface area (Å²) in [7, 11) is 0. The monoisotopic (exact) mass is 503 g/mol. The Bertz CT molecular complexity index is 1390. The first-order valence-corrected chi connectivity index (χ1v) is 13.2. The molecule has 0 spiro atoms. The summed E-state index contributed by atoms with van der Waals surface area (Å²) in [6.45, 7) is 9.18. The first-order valence-electron chi connectivity index (χ1n) is 12.4. The highest BCUT2D eigenvalue weighted by atomic mass is 32.1. The van der Waals surface area contributed by atoms with Crippen molar-refractivity contribution in [1.82, 2.24) is 19.7 Å². The summed E-state index contributed by atoms with van der Waals surface area (Å²) >= 11 is 1.83. The van der Waals surface area contributed by atoms with Crippen molar-refractivity contribution in [2.75, 3.05) is 57.5 Å². The molecule has 2 aliphatic heterocycles. The molecule has 36 heavy (non-hydrogen) atoms. The third-order valence-electron chi connectivity index (χ3n) is 6.72. The van der Waals surface area contributed by atoms with E-state index in [-0.39, 0.29) is 5.78 Å². The van der Waals surface area contributed by atoms with E-state index in [4.69, 9.17) is 19.6 Å². The van der Waals surface area contributed by atoms with Gasteiger partial charge >= 0.3 is 0 Å². The van der Waals surface area contributed by atoms with Gasteiger partial charge in [-0.3, -0.25) is 9.69 Å². The largest absolute Gasteiger partial charge is 0.379 e. The third kappa shape index (κ3) is 4.79. The maximum Gasteiger partial charge on any atom is 0.159 e. The number of nitrogens with zero attached hydrogens (tertiary/aromatic N) is 5. The Balaban J connectivity index is 1.37. The summed E-state index contributed by atoms with van der Waals surface area (Å²) in [6.07, 6.45) is 1.94. The number of benzene rings is 1. The maximum atomic E-state index is 11.8. The Hall–Kier alpha value is -3.11. The van der Waals surface area contributed by atoms with Crippen LogP contribution in [0, 0.1) is 0 Å². The van der Waals surface area contributed by atoms with Crippen LogP contribution in [-0.2, 0) is 16.0 Å². The Kier molecular flexibility index (Phi) is 6.54. The van der Waals surface area contributed by atoms with E-state index in [0.29, 0.717) is 5.56 Å². The Morgan fingerprint density at radius 2 is 1.78 bits per heavy atom. The zero-order valence-corrected chi connectivity index (χ0v) is 21.2. The standard InChI is InChI=1S/C27H29N5O3S/c1-19(33)20-3-2-4-21(15-20)23-5-6-32(29-23)26-17-25(31-9-13-35-14-10-31)27-24(28-26)16-22(36-27)18-30-7-11-34-12-8-30/h2-6,15-17H,7-14,18H2,1H3. The molecule has 8 nitrogen and oxygen atoms in total. The Labute approximate surface area is 214 Å². The summed E-state index contributed by atoms with van der Waals surface area (Å²) in [5.41, 5.74) is 4.60. The first-order chi connectivity index (χ1) is 17.6. The number of ether oxygens (including phenoxy) is 2. The number of rotatable bonds is 6. The maximum absolute atomic E-state index is 11.8. The fourth-order valence-electron chi connectivity index (χ4n) is 4.76. The molecule has 0 N–H and O–H groups in total. The highest BCUT2D eigenvalue weighted by Gasteiger charge is 2.20. The van der Waals surface area contributed by atoms with Crippen molar-refractivity contribution in [3.8, 4) is 17.1 Å². The van der Waals surface area contributed by atoms with Crippen LogP contribution in [0.25, 0.3) is 27.3 Å². The fourth-order valence-corrected chi connectivity index (χ4v) is 5.94.